The summed E-state index contributed by atoms with van der Waals surface area (Å²) in [6.07, 6.45) is 0.777. The fraction of sp³-hybridized carbons (Fsp3) is 0.727. The van der Waals surface area contributed by atoms with Crippen LogP contribution in [0.3, 0.4) is 0 Å². The van der Waals surface area contributed by atoms with Crippen molar-refractivity contribution in [1.82, 2.24) is 4.90 Å². The molecule has 0 saturated heterocycles. The number of amides is 1. The van der Waals surface area contributed by atoms with Gasteiger partial charge in [0, 0.05) is 12.1 Å². The summed E-state index contributed by atoms with van der Waals surface area (Å²) in [6, 6.07) is 0.332. The van der Waals surface area contributed by atoms with Gasteiger partial charge in [-0.3, -0.25) is 4.79 Å². The molecule has 0 radical (unpaired) electrons. The lowest BCUT2D eigenvalue weighted by Gasteiger charge is -2.31. The first-order chi connectivity index (χ1) is 6.40. The van der Waals surface area contributed by atoms with Crippen LogP contribution in [-0.4, -0.2) is 34.1 Å². The van der Waals surface area contributed by atoms with Gasteiger partial charge in [-0.25, -0.2) is 0 Å². The highest BCUT2D eigenvalue weighted by molar-refractivity contribution is 5.77. The summed E-state index contributed by atoms with van der Waals surface area (Å²) in [4.78, 5) is 13.5. The fourth-order valence-corrected chi connectivity index (χ4v) is 1.54. The van der Waals surface area contributed by atoms with Crippen LogP contribution >= 0.6 is 0 Å². The molecule has 1 atom stereocenters. The van der Waals surface area contributed by atoms with E-state index in [0.29, 0.717) is 0 Å². The number of aliphatic hydroxyl groups is 1. The Kier molecular flexibility index (Phi) is 5.46. The van der Waals surface area contributed by atoms with Gasteiger partial charge < -0.3 is 10.0 Å². The second-order valence-corrected chi connectivity index (χ2v) is 4.00. The lowest BCUT2D eigenvalue weighted by molar-refractivity contribution is -0.136. The van der Waals surface area contributed by atoms with Crippen molar-refractivity contribution < 1.29 is 9.90 Å². The van der Waals surface area contributed by atoms with Gasteiger partial charge in [0.25, 0.3) is 0 Å². The number of rotatable bonds is 5. The second-order valence-electron chi connectivity index (χ2n) is 4.00. The molecule has 0 fully saturated rings. The Hall–Kier alpha value is -0.830. The zero-order chi connectivity index (χ0) is 11.3. The Morgan fingerprint density at radius 2 is 1.79 bits per heavy atom. The smallest absolute Gasteiger partial charge is 0.225 e. The molecule has 0 aromatic rings. The van der Waals surface area contributed by atoms with Gasteiger partial charge >= 0.3 is 0 Å². The van der Waals surface area contributed by atoms with Crippen molar-refractivity contribution in [3.8, 4) is 0 Å². The lowest BCUT2D eigenvalue weighted by atomic mass is 10.1. The van der Waals surface area contributed by atoms with Gasteiger partial charge in [0.15, 0.2) is 0 Å². The summed E-state index contributed by atoms with van der Waals surface area (Å²) in [7, 11) is 0. The van der Waals surface area contributed by atoms with Gasteiger partial charge in [0.2, 0.25) is 5.91 Å². The summed E-state index contributed by atoms with van der Waals surface area (Å²) < 4.78 is 0. The third kappa shape index (κ3) is 3.92. The van der Waals surface area contributed by atoms with Crippen molar-refractivity contribution in [3.63, 3.8) is 0 Å². The molecular weight excluding hydrogens is 178 g/mol. The molecule has 3 nitrogen and oxygen atoms in total. The molecule has 0 aliphatic heterocycles. The highest BCUT2D eigenvalue weighted by atomic mass is 16.3. The fourth-order valence-electron chi connectivity index (χ4n) is 1.54. The van der Waals surface area contributed by atoms with E-state index in [1.54, 1.807) is 4.90 Å². The van der Waals surface area contributed by atoms with Crippen LogP contribution in [0.4, 0.5) is 0 Å². The van der Waals surface area contributed by atoms with E-state index in [2.05, 4.69) is 6.58 Å². The molecular formula is C11H21NO2. The highest BCUT2D eigenvalue weighted by Gasteiger charge is 2.21. The van der Waals surface area contributed by atoms with Gasteiger partial charge in [0.1, 0.15) is 0 Å². The molecule has 0 spiro atoms. The largest absolute Gasteiger partial charge is 0.389 e. The van der Waals surface area contributed by atoms with Crippen LogP contribution in [-0.2, 0) is 4.79 Å². The molecule has 0 aromatic carbocycles. The molecule has 0 rings (SSSR count). The maximum Gasteiger partial charge on any atom is 0.225 e. The number of nitrogens with zero attached hydrogens (tertiary/aromatic N) is 1. The predicted octanol–water partition coefficient (Wildman–Crippen LogP) is 1.57. The molecule has 0 saturated carbocycles. The van der Waals surface area contributed by atoms with Crippen molar-refractivity contribution in [2.24, 2.45) is 0 Å². The molecule has 0 bridgehead atoms. The van der Waals surface area contributed by atoms with E-state index in [-0.39, 0.29) is 24.4 Å². The number of aliphatic hydroxyl groups excluding tert-OH is 1. The third-order valence-corrected chi connectivity index (χ3v) is 2.06. The van der Waals surface area contributed by atoms with Crippen LogP contribution in [0.2, 0.25) is 0 Å². The van der Waals surface area contributed by atoms with Crippen LogP contribution < -0.4 is 0 Å². The minimum absolute atomic E-state index is 0.0256. The Morgan fingerprint density at radius 1 is 1.36 bits per heavy atom. The Balaban J connectivity index is 4.37. The molecule has 1 unspecified atom stereocenters. The second kappa shape index (κ2) is 5.81. The molecule has 0 aliphatic rings. The van der Waals surface area contributed by atoms with Crippen molar-refractivity contribution in [2.45, 2.75) is 52.3 Å². The summed E-state index contributed by atoms with van der Waals surface area (Å²) in [5.74, 6) is -0.0256. The van der Waals surface area contributed by atoms with E-state index in [0.717, 1.165) is 0 Å². The Labute approximate surface area is 86.4 Å². The number of carbonyl (C=O) groups excluding carboxylic acids is 1. The Morgan fingerprint density at radius 3 is 2.07 bits per heavy atom. The van der Waals surface area contributed by atoms with Crippen LogP contribution in [0.1, 0.15) is 34.1 Å². The summed E-state index contributed by atoms with van der Waals surface area (Å²) >= 11 is 0. The zero-order valence-electron chi connectivity index (χ0n) is 9.53. The number of hydrogen-bond donors (Lipinski definition) is 1. The van der Waals surface area contributed by atoms with E-state index < -0.39 is 6.10 Å². The first-order valence-corrected chi connectivity index (χ1v) is 5.02. The molecule has 0 aromatic heterocycles. The third-order valence-electron chi connectivity index (χ3n) is 2.06. The minimum atomic E-state index is -0.734. The maximum atomic E-state index is 11.7. The summed E-state index contributed by atoms with van der Waals surface area (Å²) in [5.41, 5.74) is 0. The first-order valence-electron chi connectivity index (χ1n) is 5.02. The molecule has 1 N–H and O–H groups in total. The van der Waals surface area contributed by atoms with Crippen LogP contribution in [0.25, 0.3) is 0 Å². The SMILES string of the molecule is C=CC(O)CC(=O)N(C(C)C)C(C)C. The molecule has 0 aliphatic carbocycles. The standard InChI is InChI=1S/C11H21NO2/c1-6-10(13)7-11(14)12(8(2)3)9(4)5/h6,8-10,13H,1,7H2,2-5H3. The average Bonchev–Trinajstić information content (AvgIpc) is 2.02. The normalized spacial score (nSPS) is 13.1. The van der Waals surface area contributed by atoms with E-state index in [1.165, 1.54) is 6.08 Å². The monoisotopic (exact) mass is 199 g/mol. The highest BCUT2D eigenvalue weighted by Crippen LogP contribution is 2.09. The van der Waals surface area contributed by atoms with Crippen LogP contribution in [0.15, 0.2) is 12.7 Å². The van der Waals surface area contributed by atoms with Crippen molar-refractivity contribution in [1.29, 1.82) is 0 Å². The lowest BCUT2D eigenvalue weighted by Crippen LogP contribution is -2.43. The molecule has 1 amide bonds. The quantitative estimate of drug-likeness (QED) is 0.683. The van der Waals surface area contributed by atoms with E-state index in [1.807, 2.05) is 27.7 Å². The molecule has 14 heavy (non-hydrogen) atoms. The molecule has 3 heteroatoms. The van der Waals surface area contributed by atoms with Crippen LogP contribution in [0, 0.1) is 0 Å². The zero-order valence-corrected chi connectivity index (χ0v) is 9.53. The van der Waals surface area contributed by atoms with Crippen molar-refractivity contribution >= 4 is 5.91 Å². The summed E-state index contributed by atoms with van der Waals surface area (Å²) in [6.45, 7) is 11.3. The van der Waals surface area contributed by atoms with Crippen molar-refractivity contribution in [3.05, 3.63) is 12.7 Å². The Bertz CT molecular complexity index is 191. The minimum Gasteiger partial charge on any atom is -0.389 e. The first kappa shape index (κ1) is 13.2. The van der Waals surface area contributed by atoms with Gasteiger partial charge in [0.05, 0.1) is 12.5 Å². The van der Waals surface area contributed by atoms with Gasteiger partial charge in [-0.05, 0) is 27.7 Å². The topological polar surface area (TPSA) is 40.5 Å². The van der Waals surface area contributed by atoms with Gasteiger partial charge in [-0.1, -0.05) is 6.08 Å². The number of hydrogen-bond acceptors (Lipinski definition) is 2. The average molecular weight is 199 g/mol. The van der Waals surface area contributed by atoms with E-state index in [9.17, 15) is 9.90 Å². The van der Waals surface area contributed by atoms with Crippen molar-refractivity contribution in [2.75, 3.05) is 0 Å². The van der Waals surface area contributed by atoms with E-state index in [4.69, 9.17) is 0 Å². The predicted molar refractivity (Wildman–Crippen MR) is 57.9 cm³/mol. The van der Waals surface area contributed by atoms with E-state index >= 15 is 0 Å². The summed E-state index contributed by atoms with van der Waals surface area (Å²) in [5, 5.41) is 9.28. The molecule has 82 valence electrons. The van der Waals surface area contributed by atoms with Gasteiger partial charge in [-0.15, -0.1) is 6.58 Å². The maximum absolute atomic E-state index is 11.7. The number of carbonyl (C=O) groups is 1. The molecule has 0 heterocycles. The van der Waals surface area contributed by atoms with Gasteiger partial charge in [-0.2, -0.15) is 0 Å². The van der Waals surface area contributed by atoms with Crippen LogP contribution in [0.5, 0.6) is 0 Å².